The Morgan fingerprint density at radius 3 is 1.20 bits per heavy atom. The molecule has 1 spiro atoms. The predicted octanol–water partition coefficient (Wildman–Crippen LogP) is 12.7. The molecule has 262 valence electrons. The minimum Gasteiger partial charge on any atom is -0.457 e. The first kappa shape index (κ1) is 32.0. The van der Waals surface area contributed by atoms with Gasteiger partial charge < -0.3 is 4.74 Å². The molecule has 8 aromatic carbocycles. The van der Waals surface area contributed by atoms with Crippen molar-refractivity contribution in [3.8, 4) is 79.0 Å². The summed E-state index contributed by atoms with van der Waals surface area (Å²) in [5, 5.41) is 0. The van der Waals surface area contributed by atoms with Gasteiger partial charge in [-0.15, -0.1) is 0 Å². The molecule has 4 nitrogen and oxygen atoms in total. The summed E-state index contributed by atoms with van der Waals surface area (Å²) in [6, 6.07) is 70.2. The van der Waals surface area contributed by atoms with E-state index in [1.165, 1.54) is 33.4 Å². The van der Waals surface area contributed by atoms with Crippen molar-refractivity contribution < 1.29 is 4.74 Å². The van der Waals surface area contributed by atoms with E-state index in [2.05, 4.69) is 176 Å². The average molecular weight is 716 g/mol. The molecule has 0 radical (unpaired) electrons. The topological polar surface area (TPSA) is 47.9 Å². The van der Waals surface area contributed by atoms with Gasteiger partial charge in [-0.3, -0.25) is 0 Å². The Morgan fingerprint density at radius 1 is 0.286 bits per heavy atom. The molecule has 0 N–H and O–H groups in total. The van der Waals surface area contributed by atoms with Gasteiger partial charge in [-0.05, 0) is 62.7 Å². The summed E-state index contributed by atoms with van der Waals surface area (Å²) in [6.07, 6.45) is 0. The van der Waals surface area contributed by atoms with E-state index in [0.29, 0.717) is 17.5 Å². The quantitative estimate of drug-likeness (QED) is 0.178. The lowest BCUT2D eigenvalue weighted by Gasteiger charge is -2.39. The van der Waals surface area contributed by atoms with E-state index in [4.69, 9.17) is 19.7 Å². The van der Waals surface area contributed by atoms with Gasteiger partial charge in [0.25, 0.3) is 0 Å². The highest BCUT2D eigenvalue weighted by molar-refractivity contribution is 5.90. The van der Waals surface area contributed by atoms with Crippen LogP contribution in [0.2, 0.25) is 0 Å². The van der Waals surface area contributed by atoms with Gasteiger partial charge >= 0.3 is 0 Å². The molecule has 1 aromatic heterocycles. The molecule has 2 heterocycles. The predicted molar refractivity (Wildman–Crippen MR) is 224 cm³/mol. The second-order valence-corrected chi connectivity index (χ2v) is 14.3. The van der Waals surface area contributed by atoms with Crippen LogP contribution in [0.15, 0.2) is 200 Å². The first-order chi connectivity index (χ1) is 27.7. The van der Waals surface area contributed by atoms with Crippen LogP contribution in [0, 0.1) is 0 Å². The third-order valence-electron chi connectivity index (χ3n) is 11.2. The molecule has 0 unspecified atom stereocenters. The van der Waals surface area contributed by atoms with Gasteiger partial charge in [0.15, 0.2) is 17.5 Å². The van der Waals surface area contributed by atoms with E-state index in [0.717, 1.165) is 50.4 Å². The Morgan fingerprint density at radius 2 is 0.661 bits per heavy atom. The number of hydrogen-bond donors (Lipinski definition) is 0. The number of rotatable bonds is 5. The molecule has 0 saturated heterocycles. The number of benzene rings is 8. The molecule has 0 bridgehead atoms. The van der Waals surface area contributed by atoms with Crippen molar-refractivity contribution in [2.75, 3.05) is 0 Å². The summed E-state index contributed by atoms with van der Waals surface area (Å²) in [6.45, 7) is 0. The Hall–Kier alpha value is -7.43. The maximum absolute atomic E-state index is 6.58. The molecule has 0 fully saturated rings. The molecule has 1 aliphatic carbocycles. The van der Waals surface area contributed by atoms with Gasteiger partial charge in [0, 0.05) is 27.8 Å². The lowest BCUT2D eigenvalue weighted by Crippen LogP contribution is -2.32. The van der Waals surface area contributed by atoms with Crippen molar-refractivity contribution in [1.82, 2.24) is 15.0 Å². The summed E-state index contributed by atoms with van der Waals surface area (Å²) in [4.78, 5) is 15.5. The van der Waals surface area contributed by atoms with Crippen molar-refractivity contribution in [3.05, 3.63) is 222 Å². The normalized spacial score (nSPS) is 12.9. The second kappa shape index (κ2) is 12.9. The molecule has 1 aliphatic heterocycles. The third-order valence-corrected chi connectivity index (χ3v) is 11.2. The van der Waals surface area contributed by atoms with E-state index >= 15 is 0 Å². The van der Waals surface area contributed by atoms with Gasteiger partial charge in [-0.2, -0.15) is 0 Å². The van der Waals surface area contributed by atoms with Gasteiger partial charge in [0.1, 0.15) is 11.5 Å². The molecular weight excluding hydrogens is 683 g/mol. The van der Waals surface area contributed by atoms with Crippen molar-refractivity contribution in [2.45, 2.75) is 5.41 Å². The zero-order chi connectivity index (χ0) is 37.1. The highest BCUT2D eigenvalue weighted by Crippen LogP contribution is 2.62. The highest BCUT2D eigenvalue weighted by atomic mass is 16.5. The number of para-hydroxylation sites is 2. The SMILES string of the molecule is c1ccc(-c2ccc(-c3nc(-c4ccc(-c5ccccc5)cc4)nc(-c4ccc5c(c4)C4(c6ccccc6Oc6ccccc64)c4ccccc4-5)n3)cc2)cc1. The Kier molecular flexibility index (Phi) is 7.36. The van der Waals surface area contributed by atoms with Crippen LogP contribution in [0.25, 0.3) is 67.5 Å². The zero-order valence-corrected chi connectivity index (χ0v) is 30.3. The largest absolute Gasteiger partial charge is 0.457 e. The van der Waals surface area contributed by atoms with Crippen LogP contribution in [-0.4, -0.2) is 15.0 Å². The summed E-state index contributed by atoms with van der Waals surface area (Å²) in [5.41, 5.74) is 13.9. The van der Waals surface area contributed by atoms with Crippen LogP contribution >= 0.6 is 0 Å². The van der Waals surface area contributed by atoms with Gasteiger partial charge in [0.05, 0.1) is 5.41 Å². The Labute approximate surface area is 325 Å². The van der Waals surface area contributed by atoms with Crippen LogP contribution in [0.1, 0.15) is 22.3 Å². The summed E-state index contributed by atoms with van der Waals surface area (Å²) < 4.78 is 6.58. The molecule has 0 amide bonds. The van der Waals surface area contributed by atoms with Crippen LogP contribution in [0.3, 0.4) is 0 Å². The van der Waals surface area contributed by atoms with Gasteiger partial charge in [-0.1, -0.05) is 182 Å². The van der Waals surface area contributed by atoms with Gasteiger partial charge in [-0.25, -0.2) is 15.0 Å². The number of aromatic nitrogens is 3. The smallest absolute Gasteiger partial charge is 0.164 e. The van der Waals surface area contributed by atoms with Crippen LogP contribution in [-0.2, 0) is 5.41 Å². The van der Waals surface area contributed by atoms with Crippen molar-refractivity contribution >= 4 is 0 Å². The van der Waals surface area contributed by atoms with Crippen LogP contribution in [0.4, 0.5) is 0 Å². The van der Waals surface area contributed by atoms with Crippen LogP contribution in [0.5, 0.6) is 11.5 Å². The minimum atomic E-state index is -0.591. The Bertz CT molecular complexity index is 2770. The number of nitrogens with zero attached hydrogens (tertiary/aromatic N) is 3. The average Bonchev–Trinajstić information content (AvgIpc) is 3.57. The zero-order valence-electron chi connectivity index (χ0n) is 30.3. The first-order valence-electron chi connectivity index (χ1n) is 18.9. The highest BCUT2D eigenvalue weighted by Gasteiger charge is 2.51. The summed E-state index contributed by atoms with van der Waals surface area (Å²) in [7, 11) is 0. The molecule has 0 atom stereocenters. The van der Waals surface area contributed by atoms with Crippen molar-refractivity contribution in [2.24, 2.45) is 0 Å². The molecule has 11 rings (SSSR count). The fraction of sp³-hybridized carbons (Fsp3) is 0.0192. The molecule has 56 heavy (non-hydrogen) atoms. The maximum Gasteiger partial charge on any atom is 0.164 e. The monoisotopic (exact) mass is 715 g/mol. The van der Waals surface area contributed by atoms with E-state index in [1.807, 2.05) is 24.3 Å². The molecule has 2 aliphatic rings. The van der Waals surface area contributed by atoms with Crippen molar-refractivity contribution in [3.63, 3.8) is 0 Å². The standard InChI is InChI=1S/C52H33N3O/c1-3-13-34(14-4-1)36-23-27-38(28-24-36)49-53-50(39-29-25-37(26-30-39)35-15-5-2-6-16-35)55-51(54-49)40-31-32-42-41-17-7-8-18-43(41)52(46(42)33-40)44-19-9-11-21-47(44)56-48-22-12-10-20-45(48)52/h1-33H. The molecule has 9 aromatic rings. The minimum absolute atomic E-state index is 0.591. The first-order valence-corrected chi connectivity index (χ1v) is 18.9. The molecule has 0 saturated carbocycles. The summed E-state index contributed by atoms with van der Waals surface area (Å²) in [5.74, 6) is 3.59. The molecular formula is C52H33N3O. The van der Waals surface area contributed by atoms with E-state index in [9.17, 15) is 0 Å². The van der Waals surface area contributed by atoms with Gasteiger partial charge in [0.2, 0.25) is 0 Å². The third kappa shape index (κ3) is 5.04. The molecule has 4 heteroatoms. The number of ether oxygens (including phenoxy) is 1. The fourth-order valence-electron chi connectivity index (χ4n) is 8.64. The lowest BCUT2D eigenvalue weighted by molar-refractivity contribution is 0.436. The Balaban J connectivity index is 1.10. The van der Waals surface area contributed by atoms with E-state index in [-0.39, 0.29) is 0 Å². The summed E-state index contributed by atoms with van der Waals surface area (Å²) >= 11 is 0. The van der Waals surface area contributed by atoms with E-state index in [1.54, 1.807) is 0 Å². The lowest BCUT2D eigenvalue weighted by atomic mass is 9.66. The van der Waals surface area contributed by atoms with E-state index < -0.39 is 5.41 Å². The fourth-order valence-corrected chi connectivity index (χ4v) is 8.64. The number of fused-ring (bicyclic) bond motifs is 9. The van der Waals surface area contributed by atoms with Crippen LogP contribution < -0.4 is 4.74 Å². The second-order valence-electron chi connectivity index (χ2n) is 14.3. The number of hydrogen-bond acceptors (Lipinski definition) is 4. The van der Waals surface area contributed by atoms with Crippen molar-refractivity contribution in [1.29, 1.82) is 0 Å². The maximum atomic E-state index is 6.58.